The van der Waals surface area contributed by atoms with Gasteiger partial charge in [-0.3, -0.25) is 4.72 Å². The quantitative estimate of drug-likeness (QED) is 0.840. The zero-order valence-corrected chi connectivity index (χ0v) is 17.3. The van der Waals surface area contributed by atoms with Gasteiger partial charge in [0.05, 0.1) is 11.0 Å². The van der Waals surface area contributed by atoms with E-state index in [-0.39, 0.29) is 0 Å². The fourth-order valence-corrected chi connectivity index (χ4v) is 4.89. The lowest BCUT2D eigenvalue weighted by Gasteiger charge is -2.33. The van der Waals surface area contributed by atoms with Gasteiger partial charge in [0, 0.05) is 31.6 Å². The Morgan fingerprint density at radius 1 is 0.963 bits per heavy atom. The highest BCUT2D eigenvalue weighted by molar-refractivity contribution is 7.92. The minimum absolute atomic E-state index is 0.330. The summed E-state index contributed by atoms with van der Waals surface area (Å²) in [6.45, 7) is 7.64. The van der Waals surface area contributed by atoms with E-state index < -0.39 is 10.0 Å². The van der Waals surface area contributed by atoms with Crippen molar-refractivity contribution < 1.29 is 13.2 Å². The summed E-state index contributed by atoms with van der Waals surface area (Å²) in [5.74, 6) is 0. The average molecular weight is 389 g/mol. The Balaban J connectivity index is 1.74. The van der Waals surface area contributed by atoms with E-state index in [2.05, 4.69) is 9.62 Å². The molecule has 2 aromatic rings. The predicted molar refractivity (Wildman–Crippen MR) is 110 cm³/mol. The highest BCUT2D eigenvalue weighted by Gasteiger charge is 2.20. The molecule has 27 heavy (non-hydrogen) atoms. The lowest BCUT2D eigenvalue weighted by Crippen LogP contribution is -2.36. The number of hydrogen-bond donors (Lipinski definition) is 1. The van der Waals surface area contributed by atoms with Crippen molar-refractivity contribution in [3.8, 4) is 0 Å². The maximum Gasteiger partial charge on any atom is 0.262 e. The first-order chi connectivity index (χ1) is 12.8. The lowest BCUT2D eigenvalue weighted by molar-refractivity contribution is 0.0819. The molecule has 0 aliphatic carbocycles. The number of rotatable bonds is 5. The Morgan fingerprint density at radius 3 is 2.15 bits per heavy atom. The van der Waals surface area contributed by atoms with E-state index in [0.717, 1.165) is 48.3 Å². The maximum absolute atomic E-state index is 12.8. The van der Waals surface area contributed by atoms with Crippen molar-refractivity contribution in [3.05, 3.63) is 53.1 Å². The Bertz CT molecular complexity index is 900. The Kier molecular flexibility index (Phi) is 5.77. The number of nitrogens with one attached hydrogen (secondary N) is 1. The van der Waals surface area contributed by atoms with Gasteiger partial charge in [-0.1, -0.05) is 6.07 Å². The van der Waals surface area contributed by atoms with Gasteiger partial charge in [-0.25, -0.2) is 8.42 Å². The first-order valence-electron chi connectivity index (χ1n) is 9.28. The number of methoxy groups -OCH3 is 1. The first-order valence-corrected chi connectivity index (χ1v) is 10.8. The van der Waals surface area contributed by atoms with Crippen LogP contribution in [0.25, 0.3) is 0 Å². The Morgan fingerprint density at radius 2 is 1.56 bits per heavy atom. The summed E-state index contributed by atoms with van der Waals surface area (Å²) in [4.78, 5) is 2.64. The van der Waals surface area contributed by atoms with Crippen molar-refractivity contribution in [1.82, 2.24) is 0 Å². The van der Waals surface area contributed by atoms with Gasteiger partial charge < -0.3 is 9.64 Å². The van der Waals surface area contributed by atoms with E-state index >= 15 is 0 Å². The summed E-state index contributed by atoms with van der Waals surface area (Å²) in [6, 6.07) is 11.2. The van der Waals surface area contributed by atoms with Gasteiger partial charge in [-0.15, -0.1) is 0 Å². The minimum atomic E-state index is -3.61. The van der Waals surface area contributed by atoms with Gasteiger partial charge in [-0.05, 0) is 80.6 Å². The minimum Gasteiger partial charge on any atom is -0.381 e. The number of benzene rings is 2. The van der Waals surface area contributed by atoms with Crippen LogP contribution in [0.1, 0.15) is 29.5 Å². The van der Waals surface area contributed by atoms with Crippen molar-refractivity contribution in [1.29, 1.82) is 0 Å². The van der Waals surface area contributed by atoms with Crippen LogP contribution in [0.4, 0.5) is 11.4 Å². The van der Waals surface area contributed by atoms with Crippen LogP contribution in [0.15, 0.2) is 41.3 Å². The van der Waals surface area contributed by atoms with Crippen molar-refractivity contribution in [2.75, 3.05) is 29.8 Å². The summed E-state index contributed by atoms with van der Waals surface area (Å²) >= 11 is 0. The molecule has 0 amide bonds. The molecular formula is C21H28N2O3S. The lowest BCUT2D eigenvalue weighted by atomic mass is 10.1. The SMILES string of the molecule is COC1CCN(c2ccc(NS(=O)(=O)c3cc(C)c(C)cc3C)cc2)CC1. The zero-order chi connectivity index (χ0) is 19.6. The molecule has 1 saturated heterocycles. The van der Waals surface area contributed by atoms with Crippen molar-refractivity contribution in [3.63, 3.8) is 0 Å². The summed E-state index contributed by atoms with van der Waals surface area (Å²) in [7, 11) is -1.85. The van der Waals surface area contributed by atoms with Crippen LogP contribution in [0.2, 0.25) is 0 Å². The molecule has 146 valence electrons. The van der Waals surface area contributed by atoms with Gasteiger partial charge in [0.2, 0.25) is 0 Å². The molecule has 1 heterocycles. The molecule has 3 rings (SSSR count). The molecule has 5 nitrogen and oxygen atoms in total. The van der Waals surface area contributed by atoms with E-state index in [4.69, 9.17) is 4.74 Å². The van der Waals surface area contributed by atoms with Crippen LogP contribution in [0.3, 0.4) is 0 Å². The Labute approximate surface area is 162 Å². The molecule has 1 aliphatic heterocycles. The number of sulfonamides is 1. The van der Waals surface area contributed by atoms with Crippen LogP contribution in [0, 0.1) is 20.8 Å². The maximum atomic E-state index is 12.8. The van der Waals surface area contributed by atoms with Crippen molar-refractivity contribution >= 4 is 21.4 Å². The monoisotopic (exact) mass is 388 g/mol. The third-order valence-corrected chi connectivity index (χ3v) is 6.86. The predicted octanol–water partition coefficient (Wildman–Crippen LogP) is 4.03. The van der Waals surface area contributed by atoms with E-state index in [1.807, 2.05) is 51.1 Å². The Hall–Kier alpha value is -2.05. The van der Waals surface area contributed by atoms with Gasteiger partial charge >= 0.3 is 0 Å². The fourth-order valence-electron chi connectivity index (χ4n) is 3.52. The number of anilines is 2. The number of nitrogens with zero attached hydrogens (tertiary/aromatic N) is 1. The van der Waals surface area contributed by atoms with Crippen LogP contribution in [-0.4, -0.2) is 34.7 Å². The number of aryl methyl sites for hydroxylation is 3. The molecule has 0 unspecified atom stereocenters. The summed E-state index contributed by atoms with van der Waals surface area (Å²) in [5.41, 5.74) is 4.49. The normalized spacial score (nSPS) is 15.8. The molecule has 0 atom stereocenters. The smallest absolute Gasteiger partial charge is 0.262 e. The van der Waals surface area contributed by atoms with Gasteiger partial charge in [0.15, 0.2) is 0 Å². The molecule has 1 fully saturated rings. The van der Waals surface area contributed by atoms with Crippen molar-refractivity contribution in [2.45, 2.75) is 44.6 Å². The van der Waals surface area contributed by atoms with E-state index in [1.165, 1.54) is 0 Å². The zero-order valence-electron chi connectivity index (χ0n) is 16.5. The molecule has 1 N–H and O–H groups in total. The van der Waals surface area contributed by atoms with E-state index in [1.54, 1.807) is 13.2 Å². The summed E-state index contributed by atoms with van der Waals surface area (Å²) < 4.78 is 33.7. The second-order valence-corrected chi connectivity index (χ2v) is 8.93. The van der Waals surface area contributed by atoms with Crippen molar-refractivity contribution in [2.24, 2.45) is 0 Å². The number of hydrogen-bond acceptors (Lipinski definition) is 4. The highest BCUT2D eigenvalue weighted by atomic mass is 32.2. The molecule has 0 saturated carbocycles. The van der Waals surface area contributed by atoms with Gasteiger partial charge in [-0.2, -0.15) is 0 Å². The standard InChI is InChI=1S/C21H28N2O3S/c1-15-13-17(3)21(14-16(15)2)27(24,25)22-18-5-7-19(8-6-18)23-11-9-20(26-4)10-12-23/h5-8,13-14,20,22H,9-12H2,1-4H3. The molecule has 0 aromatic heterocycles. The summed E-state index contributed by atoms with van der Waals surface area (Å²) in [6.07, 6.45) is 2.36. The average Bonchev–Trinajstić information content (AvgIpc) is 2.65. The van der Waals surface area contributed by atoms with Crippen LogP contribution in [0.5, 0.6) is 0 Å². The second-order valence-electron chi connectivity index (χ2n) is 7.28. The van der Waals surface area contributed by atoms with Crippen LogP contribution < -0.4 is 9.62 Å². The van der Waals surface area contributed by atoms with Gasteiger partial charge in [0.1, 0.15) is 0 Å². The fraction of sp³-hybridized carbons (Fsp3) is 0.429. The van der Waals surface area contributed by atoms with E-state index in [9.17, 15) is 8.42 Å². The number of ether oxygens (including phenoxy) is 1. The summed E-state index contributed by atoms with van der Waals surface area (Å²) in [5, 5.41) is 0. The molecule has 2 aromatic carbocycles. The largest absolute Gasteiger partial charge is 0.381 e. The molecule has 0 spiro atoms. The molecular weight excluding hydrogens is 360 g/mol. The third-order valence-electron chi connectivity index (χ3n) is 5.34. The second kappa shape index (κ2) is 7.90. The molecule has 0 bridgehead atoms. The number of piperidine rings is 1. The van der Waals surface area contributed by atoms with Crippen LogP contribution >= 0.6 is 0 Å². The third kappa shape index (κ3) is 4.45. The first kappa shape index (κ1) is 19.7. The van der Waals surface area contributed by atoms with E-state index in [0.29, 0.717) is 16.7 Å². The topological polar surface area (TPSA) is 58.6 Å². The van der Waals surface area contributed by atoms with Gasteiger partial charge in [0.25, 0.3) is 10.0 Å². The molecule has 0 radical (unpaired) electrons. The highest BCUT2D eigenvalue weighted by Crippen LogP contribution is 2.26. The van der Waals surface area contributed by atoms with Crippen LogP contribution in [-0.2, 0) is 14.8 Å². The molecule has 6 heteroatoms. The molecule has 1 aliphatic rings.